The molecule has 1 aromatic carbocycles. The second kappa shape index (κ2) is 9.19. The van der Waals surface area contributed by atoms with Gasteiger partial charge in [0.05, 0.1) is 4.34 Å². The van der Waals surface area contributed by atoms with Gasteiger partial charge < -0.3 is 5.32 Å². The van der Waals surface area contributed by atoms with Crippen molar-refractivity contribution in [2.24, 2.45) is 0 Å². The Hall–Kier alpha value is -1.41. The molecular weight excluding hydrogens is 404 g/mol. The molecular formula is C19H23ClN2O3S2. The summed E-state index contributed by atoms with van der Waals surface area (Å²) in [7, 11) is -3.68. The third-order valence-corrected chi connectivity index (χ3v) is 8.26. The molecule has 0 saturated carbocycles. The Morgan fingerprint density at radius 3 is 2.67 bits per heavy atom. The summed E-state index contributed by atoms with van der Waals surface area (Å²) >= 11 is 6.89. The average Bonchev–Trinajstić information content (AvgIpc) is 3.32. The standard InChI is InChI=1S/C19H23ClN2O3S2/c20-17-11-12-18(26-17)27(24,25)22-14-6-10-16(22)19(23)21-13-5-4-9-15-7-2-1-3-8-15/h1-3,7-8,11-12,16H,4-6,9-10,13-14H2,(H,21,23). The van der Waals surface area contributed by atoms with Crippen molar-refractivity contribution in [3.05, 3.63) is 52.4 Å². The van der Waals surface area contributed by atoms with Crippen LogP contribution in [0, 0.1) is 0 Å². The van der Waals surface area contributed by atoms with Crippen LogP contribution in [0.25, 0.3) is 0 Å². The van der Waals surface area contributed by atoms with Crippen LogP contribution in [0.4, 0.5) is 0 Å². The Bertz CT molecular complexity index is 868. The maximum atomic E-state index is 12.8. The van der Waals surface area contributed by atoms with Gasteiger partial charge in [-0.25, -0.2) is 8.42 Å². The molecule has 2 aromatic rings. The van der Waals surface area contributed by atoms with Crippen molar-refractivity contribution < 1.29 is 13.2 Å². The van der Waals surface area contributed by atoms with Crippen molar-refractivity contribution in [2.75, 3.05) is 13.1 Å². The van der Waals surface area contributed by atoms with Gasteiger partial charge in [0.2, 0.25) is 5.91 Å². The highest BCUT2D eigenvalue weighted by atomic mass is 35.5. The van der Waals surface area contributed by atoms with Crippen LogP contribution in [0.15, 0.2) is 46.7 Å². The molecule has 8 heteroatoms. The van der Waals surface area contributed by atoms with Gasteiger partial charge >= 0.3 is 0 Å². The predicted molar refractivity (Wildman–Crippen MR) is 109 cm³/mol. The Balaban J connectivity index is 1.50. The topological polar surface area (TPSA) is 66.5 Å². The molecule has 27 heavy (non-hydrogen) atoms. The van der Waals surface area contributed by atoms with Gasteiger partial charge in [-0.3, -0.25) is 4.79 Å². The van der Waals surface area contributed by atoms with Crippen molar-refractivity contribution in [3.8, 4) is 0 Å². The zero-order valence-electron chi connectivity index (χ0n) is 14.9. The lowest BCUT2D eigenvalue weighted by atomic mass is 10.1. The van der Waals surface area contributed by atoms with Gasteiger partial charge in [-0.15, -0.1) is 11.3 Å². The van der Waals surface area contributed by atoms with E-state index in [4.69, 9.17) is 11.6 Å². The van der Waals surface area contributed by atoms with Gasteiger partial charge in [-0.05, 0) is 49.8 Å². The van der Waals surface area contributed by atoms with Crippen molar-refractivity contribution in [2.45, 2.75) is 42.4 Å². The number of benzene rings is 1. The first-order valence-electron chi connectivity index (χ1n) is 9.07. The number of halogens is 1. The van der Waals surface area contributed by atoms with E-state index in [9.17, 15) is 13.2 Å². The first-order valence-corrected chi connectivity index (χ1v) is 11.7. The summed E-state index contributed by atoms with van der Waals surface area (Å²) in [6.45, 7) is 0.921. The molecule has 1 unspecified atom stereocenters. The van der Waals surface area contributed by atoms with E-state index in [1.54, 1.807) is 6.07 Å². The maximum Gasteiger partial charge on any atom is 0.253 e. The van der Waals surface area contributed by atoms with Gasteiger partial charge in [-0.2, -0.15) is 4.31 Å². The molecule has 0 bridgehead atoms. The summed E-state index contributed by atoms with van der Waals surface area (Å²) < 4.78 is 27.5. The van der Waals surface area contributed by atoms with E-state index in [1.807, 2.05) is 18.2 Å². The largest absolute Gasteiger partial charge is 0.355 e. The molecule has 1 aromatic heterocycles. The molecule has 1 aliphatic rings. The number of carbonyl (C=O) groups is 1. The van der Waals surface area contributed by atoms with Gasteiger partial charge in [-0.1, -0.05) is 41.9 Å². The molecule has 1 fully saturated rings. The lowest BCUT2D eigenvalue weighted by molar-refractivity contribution is -0.124. The zero-order valence-corrected chi connectivity index (χ0v) is 17.3. The van der Waals surface area contributed by atoms with Gasteiger partial charge in [0, 0.05) is 13.1 Å². The van der Waals surface area contributed by atoms with Crippen molar-refractivity contribution in [1.29, 1.82) is 0 Å². The van der Waals surface area contributed by atoms with Crippen LogP contribution in [0.5, 0.6) is 0 Å². The maximum absolute atomic E-state index is 12.8. The quantitative estimate of drug-likeness (QED) is 0.654. The molecule has 1 N–H and O–H groups in total. The van der Waals surface area contributed by atoms with Gasteiger partial charge in [0.15, 0.2) is 0 Å². The fourth-order valence-corrected chi connectivity index (χ4v) is 6.54. The number of nitrogens with one attached hydrogen (secondary N) is 1. The van der Waals surface area contributed by atoms with Crippen LogP contribution in [-0.2, 0) is 21.2 Å². The van der Waals surface area contributed by atoms with Crippen molar-refractivity contribution in [3.63, 3.8) is 0 Å². The number of amides is 1. The highest BCUT2D eigenvalue weighted by Crippen LogP contribution is 2.32. The highest BCUT2D eigenvalue weighted by Gasteiger charge is 2.39. The van der Waals surface area contributed by atoms with Gasteiger partial charge in [0.25, 0.3) is 10.0 Å². The molecule has 0 spiro atoms. The first kappa shape index (κ1) is 20.3. The number of aryl methyl sites for hydroxylation is 1. The smallest absolute Gasteiger partial charge is 0.253 e. The number of unbranched alkanes of at least 4 members (excludes halogenated alkanes) is 1. The van der Waals surface area contributed by atoms with Crippen LogP contribution in [0.1, 0.15) is 31.2 Å². The first-order chi connectivity index (χ1) is 13.0. The van der Waals surface area contributed by atoms with E-state index in [1.165, 1.54) is 15.9 Å². The lowest BCUT2D eigenvalue weighted by Gasteiger charge is -2.22. The minimum atomic E-state index is -3.68. The number of hydrogen-bond acceptors (Lipinski definition) is 4. The van der Waals surface area contributed by atoms with E-state index in [0.29, 0.717) is 30.3 Å². The van der Waals surface area contributed by atoms with E-state index in [2.05, 4.69) is 17.4 Å². The number of sulfonamides is 1. The Morgan fingerprint density at radius 1 is 1.19 bits per heavy atom. The molecule has 3 rings (SSSR count). The van der Waals surface area contributed by atoms with Crippen molar-refractivity contribution >= 4 is 38.9 Å². The van der Waals surface area contributed by atoms with Crippen LogP contribution < -0.4 is 5.32 Å². The highest BCUT2D eigenvalue weighted by molar-refractivity contribution is 7.91. The number of hydrogen-bond donors (Lipinski definition) is 1. The van der Waals surface area contributed by atoms with Crippen molar-refractivity contribution in [1.82, 2.24) is 9.62 Å². The minimum absolute atomic E-state index is 0.190. The molecule has 5 nitrogen and oxygen atoms in total. The van der Waals surface area contributed by atoms with Crippen LogP contribution in [-0.4, -0.2) is 37.8 Å². The average molecular weight is 427 g/mol. The molecule has 2 heterocycles. The molecule has 1 saturated heterocycles. The Morgan fingerprint density at radius 2 is 1.96 bits per heavy atom. The Kier molecular flexibility index (Phi) is 6.92. The SMILES string of the molecule is O=C(NCCCCc1ccccc1)C1CCCN1S(=O)(=O)c1ccc(Cl)s1. The summed E-state index contributed by atoms with van der Waals surface area (Å²) in [6, 6.07) is 12.7. The fourth-order valence-electron chi connectivity index (χ4n) is 3.27. The molecule has 0 radical (unpaired) electrons. The van der Waals surface area contributed by atoms with Crippen LogP contribution >= 0.6 is 22.9 Å². The third kappa shape index (κ3) is 5.10. The lowest BCUT2D eigenvalue weighted by Crippen LogP contribution is -2.45. The summed E-state index contributed by atoms with van der Waals surface area (Å²) in [6.07, 6.45) is 4.05. The van der Waals surface area contributed by atoms with E-state index in [-0.39, 0.29) is 10.1 Å². The minimum Gasteiger partial charge on any atom is -0.355 e. The van der Waals surface area contributed by atoms with Crippen LogP contribution in [0.2, 0.25) is 4.34 Å². The summed E-state index contributed by atoms with van der Waals surface area (Å²) in [4.78, 5) is 12.5. The number of thiophene rings is 1. The molecule has 1 aliphatic heterocycles. The number of nitrogens with zero attached hydrogens (tertiary/aromatic N) is 1. The molecule has 0 aliphatic carbocycles. The fraction of sp³-hybridized carbons (Fsp3) is 0.421. The molecule has 1 atom stereocenters. The summed E-state index contributed by atoms with van der Waals surface area (Å²) in [5, 5.41) is 2.90. The predicted octanol–water partition coefficient (Wildman–Crippen LogP) is 3.69. The van der Waals surface area contributed by atoms with E-state index < -0.39 is 16.1 Å². The molecule has 1 amide bonds. The molecule has 146 valence electrons. The zero-order chi connectivity index (χ0) is 19.3. The van der Waals surface area contributed by atoms with Crippen LogP contribution in [0.3, 0.4) is 0 Å². The summed E-state index contributed by atoms with van der Waals surface area (Å²) in [5.74, 6) is -0.210. The second-order valence-corrected chi connectivity index (χ2v) is 10.4. The van der Waals surface area contributed by atoms with E-state index in [0.717, 1.165) is 30.6 Å². The number of rotatable bonds is 8. The van der Waals surface area contributed by atoms with E-state index >= 15 is 0 Å². The number of carbonyl (C=O) groups excluding carboxylic acids is 1. The third-order valence-electron chi connectivity index (χ3n) is 4.65. The normalized spacial score (nSPS) is 17.9. The Labute approximate surface area is 169 Å². The summed E-state index contributed by atoms with van der Waals surface area (Å²) in [5.41, 5.74) is 1.28. The monoisotopic (exact) mass is 426 g/mol. The second-order valence-electron chi connectivity index (χ2n) is 6.57. The van der Waals surface area contributed by atoms with Gasteiger partial charge in [0.1, 0.15) is 10.3 Å².